The molecule has 2 aliphatic rings. The Bertz CT molecular complexity index is 1680. The number of esters is 4. The first-order valence-electron chi connectivity index (χ1n) is 13.3. The fraction of sp³-hybridized carbons (Fsp3) is 0.250. The molecule has 0 aromatic heterocycles. The van der Waals surface area contributed by atoms with Gasteiger partial charge in [-0.25, -0.2) is 14.4 Å². The van der Waals surface area contributed by atoms with Gasteiger partial charge in [0, 0.05) is 5.92 Å². The molecule has 4 aromatic rings. The predicted molar refractivity (Wildman–Crippen MR) is 147 cm³/mol. The van der Waals surface area contributed by atoms with Crippen LogP contribution >= 0.6 is 0 Å². The molecule has 0 spiro atoms. The number of benzene rings is 4. The zero-order valence-electron chi connectivity index (χ0n) is 22.0. The molecule has 2 saturated carbocycles. The van der Waals surface area contributed by atoms with Gasteiger partial charge in [0.1, 0.15) is 5.54 Å². The fourth-order valence-electron chi connectivity index (χ4n) is 5.87. The van der Waals surface area contributed by atoms with Gasteiger partial charge in [-0.15, -0.1) is 0 Å². The van der Waals surface area contributed by atoms with Crippen molar-refractivity contribution in [2.75, 3.05) is 13.6 Å². The maximum Gasteiger partial charge on any atom is 0.341 e. The van der Waals surface area contributed by atoms with Crippen molar-refractivity contribution in [3.05, 3.63) is 96.1 Å². The Hall–Kier alpha value is -4.76. The van der Waals surface area contributed by atoms with Gasteiger partial charge in [-0.05, 0) is 64.6 Å². The second-order valence-corrected chi connectivity index (χ2v) is 10.4. The van der Waals surface area contributed by atoms with Crippen LogP contribution < -0.4 is 5.73 Å². The van der Waals surface area contributed by atoms with Crippen LogP contribution in [0.4, 0.5) is 0 Å². The Kier molecular flexibility index (Phi) is 6.88. The molecule has 0 radical (unpaired) electrons. The van der Waals surface area contributed by atoms with Crippen molar-refractivity contribution in [3.8, 4) is 0 Å². The quantitative estimate of drug-likeness (QED) is 0.250. The largest absolute Gasteiger partial charge is 0.428 e. The molecule has 0 bridgehead atoms. The maximum absolute atomic E-state index is 12.9. The van der Waals surface area contributed by atoms with Gasteiger partial charge in [-0.2, -0.15) is 0 Å². The first-order chi connectivity index (χ1) is 19.8. The molecule has 4 aromatic carbocycles. The predicted octanol–water partition coefficient (Wildman–Crippen LogP) is 4.36. The molecule has 0 aliphatic heterocycles. The van der Waals surface area contributed by atoms with E-state index in [1.165, 1.54) is 0 Å². The summed E-state index contributed by atoms with van der Waals surface area (Å²) >= 11 is 0. The Labute approximate surface area is 235 Å². The van der Waals surface area contributed by atoms with E-state index in [1.54, 1.807) is 24.3 Å². The Morgan fingerprint density at radius 3 is 1.76 bits per heavy atom. The summed E-state index contributed by atoms with van der Waals surface area (Å²) in [5, 5.41) is 3.74. The summed E-state index contributed by atoms with van der Waals surface area (Å²) in [7, 11) is 0. The average Bonchev–Trinajstić information content (AvgIpc) is 3.64. The SMILES string of the molecule is N[C@@]1(C(=O)OCOC(=O)c2ccc3ccccc3c2)CC[C@H]2[C@H](C(=O)OCOC(=O)c3ccc4ccccc4c3)[C@H]21. The molecular formula is C32H27NO8. The average molecular weight is 554 g/mol. The smallest absolute Gasteiger partial charge is 0.341 e. The molecule has 9 nitrogen and oxygen atoms in total. The summed E-state index contributed by atoms with van der Waals surface area (Å²) in [6.07, 6.45) is 0.879. The molecule has 6 rings (SSSR count). The van der Waals surface area contributed by atoms with E-state index in [9.17, 15) is 19.2 Å². The third-order valence-electron chi connectivity index (χ3n) is 8.05. The van der Waals surface area contributed by atoms with Gasteiger partial charge >= 0.3 is 23.9 Å². The number of hydrogen-bond acceptors (Lipinski definition) is 9. The molecule has 2 aliphatic carbocycles. The summed E-state index contributed by atoms with van der Waals surface area (Å²) < 4.78 is 20.6. The normalized spacial score (nSPS) is 22.5. The van der Waals surface area contributed by atoms with E-state index in [0.29, 0.717) is 24.0 Å². The Balaban J connectivity index is 0.974. The van der Waals surface area contributed by atoms with Crippen LogP contribution in [0, 0.1) is 17.8 Å². The molecule has 2 fully saturated rings. The van der Waals surface area contributed by atoms with Crippen LogP contribution in [0.5, 0.6) is 0 Å². The van der Waals surface area contributed by atoms with Crippen LogP contribution in [0.1, 0.15) is 33.6 Å². The third kappa shape index (κ3) is 5.12. The van der Waals surface area contributed by atoms with Gasteiger partial charge in [-0.1, -0.05) is 60.7 Å². The standard InChI is InChI=1S/C32H27NO8/c33-32(31(37)41-18-39-29(35)24-12-10-20-6-2-4-8-22(20)16-24)14-13-25-26(27(25)32)30(36)40-17-38-28(34)23-11-9-19-5-1-3-7-21(19)15-23/h1-12,15-16,25-27H,13-14,17-18,33H2/t25-,26-,27-,32-/m0/s1. The lowest BCUT2D eigenvalue weighted by Gasteiger charge is -2.24. The highest BCUT2D eigenvalue weighted by atomic mass is 16.7. The van der Waals surface area contributed by atoms with Crippen molar-refractivity contribution in [3.63, 3.8) is 0 Å². The molecular weight excluding hydrogens is 526 g/mol. The van der Waals surface area contributed by atoms with E-state index in [0.717, 1.165) is 21.5 Å². The minimum absolute atomic E-state index is 0.128. The molecule has 2 N–H and O–H groups in total. The van der Waals surface area contributed by atoms with Crippen molar-refractivity contribution in [1.29, 1.82) is 0 Å². The van der Waals surface area contributed by atoms with Gasteiger partial charge in [-0.3, -0.25) is 4.79 Å². The van der Waals surface area contributed by atoms with Crippen molar-refractivity contribution in [2.45, 2.75) is 18.4 Å². The zero-order valence-corrected chi connectivity index (χ0v) is 22.0. The lowest BCUT2D eigenvalue weighted by Crippen LogP contribution is -2.51. The van der Waals surface area contributed by atoms with E-state index in [-0.39, 0.29) is 5.92 Å². The van der Waals surface area contributed by atoms with Crippen LogP contribution in [-0.4, -0.2) is 43.0 Å². The molecule has 9 heteroatoms. The second-order valence-electron chi connectivity index (χ2n) is 10.4. The lowest BCUT2D eigenvalue weighted by molar-refractivity contribution is -0.160. The number of fused-ring (bicyclic) bond motifs is 3. The molecule has 41 heavy (non-hydrogen) atoms. The summed E-state index contributed by atoms with van der Waals surface area (Å²) in [4.78, 5) is 50.4. The number of carbonyl (C=O) groups excluding carboxylic acids is 4. The van der Waals surface area contributed by atoms with Crippen molar-refractivity contribution < 1.29 is 38.1 Å². The highest BCUT2D eigenvalue weighted by Crippen LogP contribution is 2.62. The molecule has 0 heterocycles. The van der Waals surface area contributed by atoms with E-state index in [4.69, 9.17) is 24.7 Å². The van der Waals surface area contributed by atoms with Gasteiger partial charge in [0.2, 0.25) is 13.6 Å². The van der Waals surface area contributed by atoms with Crippen LogP contribution in [-0.2, 0) is 28.5 Å². The van der Waals surface area contributed by atoms with E-state index in [2.05, 4.69) is 0 Å². The Morgan fingerprint density at radius 1 is 0.683 bits per heavy atom. The number of nitrogens with two attached hydrogens (primary N) is 1. The monoisotopic (exact) mass is 553 g/mol. The van der Waals surface area contributed by atoms with Crippen LogP contribution in [0.3, 0.4) is 0 Å². The highest BCUT2D eigenvalue weighted by molar-refractivity contribution is 5.96. The number of hydrogen-bond donors (Lipinski definition) is 1. The summed E-state index contributed by atoms with van der Waals surface area (Å²) in [5.74, 6) is -3.77. The van der Waals surface area contributed by atoms with Gasteiger partial charge < -0.3 is 24.7 Å². The van der Waals surface area contributed by atoms with Crippen LogP contribution in [0.15, 0.2) is 84.9 Å². The third-order valence-corrected chi connectivity index (χ3v) is 8.05. The molecule has 208 valence electrons. The molecule has 0 amide bonds. The van der Waals surface area contributed by atoms with E-state index < -0.39 is 54.8 Å². The maximum atomic E-state index is 12.9. The highest BCUT2D eigenvalue weighted by Gasteiger charge is 2.70. The fourth-order valence-corrected chi connectivity index (χ4v) is 5.87. The van der Waals surface area contributed by atoms with Crippen molar-refractivity contribution in [2.24, 2.45) is 23.5 Å². The molecule has 4 atom stereocenters. The number of carbonyl (C=O) groups is 4. The van der Waals surface area contributed by atoms with Gasteiger partial charge in [0.25, 0.3) is 0 Å². The molecule has 0 unspecified atom stereocenters. The van der Waals surface area contributed by atoms with Crippen molar-refractivity contribution in [1.82, 2.24) is 0 Å². The first kappa shape index (κ1) is 26.5. The van der Waals surface area contributed by atoms with E-state index >= 15 is 0 Å². The second kappa shape index (κ2) is 10.7. The van der Waals surface area contributed by atoms with Gasteiger partial charge in [0.05, 0.1) is 17.0 Å². The summed E-state index contributed by atoms with van der Waals surface area (Å²) in [5.41, 5.74) is 5.67. The molecule has 0 saturated heterocycles. The number of ether oxygens (including phenoxy) is 4. The van der Waals surface area contributed by atoms with Crippen LogP contribution in [0.2, 0.25) is 0 Å². The van der Waals surface area contributed by atoms with Crippen molar-refractivity contribution >= 4 is 45.4 Å². The van der Waals surface area contributed by atoms with Gasteiger partial charge in [0.15, 0.2) is 0 Å². The zero-order chi connectivity index (χ0) is 28.6. The topological polar surface area (TPSA) is 131 Å². The minimum Gasteiger partial charge on any atom is -0.428 e. The Morgan fingerprint density at radius 2 is 1.20 bits per heavy atom. The first-order valence-corrected chi connectivity index (χ1v) is 13.3. The van der Waals surface area contributed by atoms with E-state index in [1.807, 2.05) is 60.7 Å². The minimum atomic E-state index is -1.40. The number of rotatable bonds is 8. The lowest BCUT2D eigenvalue weighted by atomic mass is 9.91. The summed E-state index contributed by atoms with van der Waals surface area (Å²) in [6, 6.07) is 25.5. The van der Waals surface area contributed by atoms with Crippen LogP contribution in [0.25, 0.3) is 21.5 Å². The summed E-state index contributed by atoms with van der Waals surface area (Å²) in [6.45, 7) is -1.14.